The van der Waals surface area contributed by atoms with Crippen LogP contribution in [-0.2, 0) is 4.79 Å². The van der Waals surface area contributed by atoms with Gasteiger partial charge in [-0.3, -0.25) is 9.59 Å². The second-order valence-corrected chi connectivity index (χ2v) is 8.35. The van der Waals surface area contributed by atoms with Crippen LogP contribution in [0.25, 0.3) is 11.3 Å². The highest BCUT2D eigenvalue weighted by atomic mass is 35.5. The molecular weight excluding hydrogens is 454 g/mol. The summed E-state index contributed by atoms with van der Waals surface area (Å²) >= 11 is 12.4. The lowest BCUT2D eigenvalue weighted by atomic mass is 10.1. The van der Waals surface area contributed by atoms with Gasteiger partial charge in [0.25, 0.3) is 5.56 Å². The van der Waals surface area contributed by atoms with Crippen LogP contribution < -0.4 is 10.5 Å². The molecule has 1 atom stereocenters. The summed E-state index contributed by atoms with van der Waals surface area (Å²) in [5.74, 6) is -0.545. The molecule has 1 amide bonds. The number of halogens is 3. The van der Waals surface area contributed by atoms with Crippen molar-refractivity contribution in [2.45, 2.75) is 13.0 Å². The zero-order valence-corrected chi connectivity index (χ0v) is 18.9. The molecule has 166 valence electrons. The molecule has 1 fully saturated rings. The maximum absolute atomic E-state index is 13.2. The lowest BCUT2D eigenvalue weighted by molar-refractivity contribution is -0.135. The highest BCUT2D eigenvalue weighted by Gasteiger charge is 2.28. The number of piperazine rings is 1. The van der Waals surface area contributed by atoms with Crippen molar-refractivity contribution in [3.63, 3.8) is 0 Å². The largest absolute Gasteiger partial charge is 0.367 e. The van der Waals surface area contributed by atoms with Crippen LogP contribution in [0.5, 0.6) is 0 Å². The van der Waals surface area contributed by atoms with Crippen LogP contribution in [0.1, 0.15) is 13.0 Å². The average Bonchev–Trinajstić information content (AvgIpc) is 2.81. The van der Waals surface area contributed by atoms with Crippen molar-refractivity contribution in [2.75, 3.05) is 31.1 Å². The minimum Gasteiger partial charge on any atom is -0.367 e. The molecule has 0 aliphatic carbocycles. The van der Waals surface area contributed by atoms with Gasteiger partial charge in [0.1, 0.15) is 11.9 Å². The molecule has 1 unspecified atom stereocenters. The van der Waals surface area contributed by atoms with Gasteiger partial charge < -0.3 is 9.80 Å². The Hall–Kier alpha value is -2.90. The van der Waals surface area contributed by atoms with E-state index >= 15 is 0 Å². The fourth-order valence-electron chi connectivity index (χ4n) is 3.75. The first-order chi connectivity index (χ1) is 15.3. The van der Waals surface area contributed by atoms with Crippen molar-refractivity contribution in [3.05, 3.63) is 80.8 Å². The zero-order chi connectivity index (χ0) is 22.8. The fourth-order valence-corrected chi connectivity index (χ4v) is 4.17. The number of amides is 1. The van der Waals surface area contributed by atoms with Crippen LogP contribution >= 0.6 is 23.2 Å². The maximum Gasteiger partial charge on any atom is 0.267 e. The SMILES string of the molecule is CC(C(=O)N1CCN(c2cccc(Cl)c2Cl)CC1)n1nc(-c2ccc(F)cc2)ccc1=O. The molecule has 0 bridgehead atoms. The Morgan fingerprint density at radius 2 is 1.69 bits per heavy atom. The number of carbonyl (C=O) groups excluding carboxylic acids is 1. The molecule has 3 aromatic rings. The zero-order valence-electron chi connectivity index (χ0n) is 17.3. The van der Waals surface area contributed by atoms with Gasteiger partial charge in [-0.15, -0.1) is 0 Å². The minimum absolute atomic E-state index is 0.187. The van der Waals surface area contributed by atoms with E-state index in [1.807, 2.05) is 12.1 Å². The summed E-state index contributed by atoms with van der Waals surface area (Å²) in [4.78, 5) is 29.4. The first-order valence-electron chi connectivity index (χ1n) is 10.2. The summed E-state index contributed by atoms with van der Waals surface area (Å²) in [6, 6.07) is 13.5. The smallest absolute Gasteiger partial charge is 0.267 e. The van der Waals surface area contributed by atoms with E-state index in [4.69, 9.17) is 23.2 Å². The Morgan fingerprint density at radius 1 is 1.00 bits per heavy atom. The van der Waals surface area contributed by atoms with Gasteiger partial charge in [0.2, 0.25) is 5.91 Å². The molecule has 0 radical (unpaired) electrons. The van der Waals surface area contributed by atoms with Crippen LogP contribution in [0.3, 0.4) is 0 Å². The predicted octanol–water partition coefficient (Wildman–Crippen LogP) is 4.27. The number of aromatic nitrogens is 2. The Balaban J connectivity index is 1.48. The first-order valence-corrected chi connectivity index (χ1v) is 10.9. The molecular formula is C23H21Cl2FN4O2. The molecule has 0 N–H and O–H groups in total. The van der Waals surface area contributed by atoms with Crippen LogP contribution in [0, 0.1) is 5.82 Å². The molecule has 1 aromatic heterocycles. The summed E-state index contributed by atoms with van der Waals surface area (Å²) in [6.07, 6.45) is 0. The van der Waals surface area contributed by atoms with Crippen molar-refractivity contribution >= 4 is 34.8 Å². The third-order valence-electron chi connectivity index (χ3n) is 5.55. The summed E-state index contributed by atoms with van der Waals surface area (Å²) < 4.78 is 14.4. The van der Waals surface area contributed by atoms with Gasteiger partial charge in [-0.2, -0.15) is 5.10 Å². The summed E-state index contributed by atoms with van der Waals surface area (Å²) in [5, 5.41) is 5.35. The van der Waals surface area contributed by atoms with Gasteiger partial charge in [-0.25, -0.2) is 9.07 Å². The topological polar surface area (TPSA) is 58.4 Å². The van der Waals surface area contributed by atoms with E-state index in [0.717, 1.165) is 5.69 Å². The van der Waals surface area contributed by atoms with Gasteiger partial charge in [-0.05, 0) is 49.4 Å². The second kappa shape index (κ2) is 9.30. The molecule has 0 saturated carbocycles. The van der Waals surface area contributed by atoms with Gasteiger partial charge >= 0.3 is 0 Å². The molecule has 2 aromatic carbocycles. The molecule has 32 heavy (non-hydrogen) atoms. The van der Waals surface area contributed by atoms with Crippen molar-refractivity contribution in [3.8, 4) is 11.3 Å². The maximum atomic E-state index is 13.2. The number of benzene rings is 2. The fraction of sp³-hybridized carbons (Fsp3) is 0.261. The molecule has 9 heteroatoms. The van der Waals surface area contributed by atoms with Gasteiger partial charge in [0.15, 0.2) is 0 Å². The predicted molar refractivity (Wildman–Crippen MR) is 124 cm³/mol. The van der Waals surface area contributed by atoms with E-state index in [0.29, 0.717) is 47.5 Å². The summed E-state index contributed by atoms with van der Waals surface area (Å²) in [7, 11) is 0. The number of rotatable bonds is 4. The lowest BCUT2D eigenvalue weighted by Gasteiger charge is -2.37. The number of anilines is 1. The van der Waals surface area contributed by atoms with E-state index < -0.39 is 6.04 Å². The van der Waals surface area contributed by atoms with Crippen molar-refractivity contribution in [1.29, 1.82) is 0 Å². The van der Waals surface area contributed by atoms with Crippen LogP contribution in [-0.4, -0.2) is 46.8 Å². The number of hydrogen-bond donors (Lipinski definition) is 0. The van der Waals surface area contributed by atoms with E-state index in [2.05, 4.69) is 10.00 Å². The third kappa shape index (κ3) is 4.49. The van der Waals surface area contributed by atoms with Gasteiger partial charge in [0.05, 0.1) is 21.4 Å². The molecule has 1 aliphatic rings. The Kier molecular flexibility index (Phi) is 6.48. The van der Waals surface area contributed by atoms with Crippen molar-refractivity contribution in [1.82, 2.24) is 14.7 Å². The van der Waals surface area contributed by atoms with Crippen molar-refractivity contribution < 1.29 is 9.18 Å². The molecule has 0 spiro atoms. The number of hydrogen-bond acceptors (Lipinski definition) is 4. The highest BCUT2D eigenvalue weighted by Crippen LogP contribution is 2.33. The Morgan fingerprint density at radius 3 is 2.38 bits per heavy atom. The summed E-state index contributed by atoms with van der Waals surface area (Å²) in [6.45, 7) is 3.81. The Labute approximate surface area is 194 Å². The van der Waals surface area contributed by atoms with Crippen LogP contribution in [0.15, 0.2) is 59.4 Å². The van der Waals surface area contributed by atoms with E-state index in [-0.39, 0.29) is 17.3 Å². The number of carbonyl (C=O) groups is 1. The highest BCUT2D eigenvalue weighted by molar-refractivity contribution is 6.43. The first kappa shape index (κ1) is 22.3. The van der Waals surface area contributed by atoms with Gasteiger partial charge in [0, 0.05) is 37.8 Å². The monoisotopic (exact) mass is 474 g/mol. The quantitative estimate of drug-likeness (QED) is 0.566. The minimum atomic E-state index is -0.774. The number of nitrogens with zero attached hydrogens (tertiary/aromatic N) is 4. The molecule has 2 heterocycles. The van der Waals surface area contributed by atoms with Gasteiger partial charge in [-0.1, -0.05) is 29.3 Å². The standard InChI is InChI=1S/C23H21Cl2FN4O2/c1-15(30-21(31)10-9-19(27-30)16-5-7-17(26)8-6-16)23(32)29-13-11-28(12-14-29)20-4-2-3-18(24)22(20)25/h2-10,15H,11-14H2,1H3. The third-order valence-corrected chi connectivity index (χ3v) is 6.36. The normalized spacial score (nSPS) is 15.0. The summed E-state index contributed by atoms with van der Waals surface area (Å²) in [5.41, 5.74) is 1.61. The average molecular weight is 475 g/mol. The molecule has 1 aliphatic heterocycles. The second-order valence-electron chi connectivity index (χ2n) is 7.57. The van der Waals surface area contributed by atoms with E-state index in [1.165, 1.54) is 22.9 Å². The molecule has 4 rings (SSSR count). The van der Waals surface area contributed by atoms with E-state index in [1.54, 1.807) is 36.1 Å². The lowest BCUT2D eigenvalue weighted by Crippen LogP contribution is -2.51. The van der Waals surface area contributed by atoms with Crippen LogP contribution in [0.2, 0.25) is 10.0 Å². The van der Waals surface area contributed by atoms with Crippen molar-refractivity contribution in [2.24, 2.45) is 0 Å². The van der Waals surface area contributed by atoms with Crippen LogP contribution in [0.4, 0.5) is 10.1 Å². The molecule has 1 saturated heterocycles. The Bertz CT molecular complexity index is 1190. The molecule has 6 nitrogen and oxygen atoms in total. The van der Waals surface area contributed by atoms with E-state index in [9.17, 15) is 14.0 Å².